The van der Waals surface area contributed by atoms with Gasteiger partial charge in [-0.05, 0) is 56.6 Å². The summed E-state index contributed by atoms with van der Waals surface area (Å²) >= 11 is 5.38. The molecule has 1 amide bonds. The minimum absolute atomic E-state index is 0.000765. The number of hydrogen-bond donors (Lipinski definition) is 2. The number of aromatic amines is 1. The number of benzene rings is 2. The molecule has 1 fully saturated rings. The van der Waals surface area contributed by atoms with Crippen LogP contribution >= 0.6 is 12.2 Å². The Hall–Kier alpha value is -2.77. The number of hydrogen-bond acceptors (Lipinski definition) is 4. The Bertz CT molecular complexity index is 1120. The van der Waals surface area contributed by atoms with Crippen molar-refractivity contribution in [3.05, 3.63) is 70.0 Å². The Balaban J connectivity index is 1.27. The maximum Gasteiger partial charge on any atom is 0.222 e. The normalized spacial score (nSPS) is 16.6. The summed E-state index contributed by atoms with van der Waals surface area (Å²) in [6, 6.07) is 17.4. The third kappa shape index (κ3) is 6.18. The van der Waals surface area contributed by atoms with Crippen molar-refractivity contribution < 1.29 is 4.79 Å². The van der Waals surface area contributed by atoms with E-state index >= 15 is 0 Å². The number of carbonyl (C=O) groups is 1. The molecule has 4 rings (SSSR count). The van der Waals surface area contributed by atoms with E-state index in [-0.39, 0.29) is 5.91 Å². The van der Waals surface area contributed by atoms with Crippen LogP contribution in [0.15, 0.2) is 48.5 Å². The predicted molar refractivity (Wildman–Crippen MR) is 134 cm³/mol. The van der Waals surface area contributed by atoms with E-state index in [1.165, 1.54) is 36.9 Å². The molecule has 6 nitrogen and oxygen atoms in total. The fourth-order valence-electron chi connectivity index (χ4n) is 4.34. The molecular weight excluding hydrogens is 430 g/mol. The summed E-state index contributed by atoms with van der Waals surface area (Å²) in [5.41, 5.74) is 4.61. The zero-order valence-electron chi connectivity index (χ0n) is 19.5. The number of carbonyl (C=O) groups excluding carboxylic acids is 1. The predicted octanol–water partition coefficient (Wildman–Crippen LogP) is 5.00. The Morgan fingerprint density at radius 3 is 2.58 bits per heavy atom. The summed E-state index contributed by atoms with van der Waals surface area (Å²) in [4.78, 5) is 15.0. The van der Waals surface area contributed by atoms with Crippen LogP contribution in [0.25, 0.3) is 11.4 Å². The standard InChI is InChI=1S/C26H33N5OS/c1-19-6-12-23(13-7-19)25-28-29-26(33)31(25)16-14-24(32)27-17-21-8-10-22(11-9-21)18-30-15-4-3-5-20(30)2/h6-13,20H,3-5,14-18H2,1-2H3,(H,27,32)(H,29,33). The number of aromatic nitrogens is 3. The lowest BCUT2D eigenvalue weighted by molar-refractivity contribution is -0.121. The van der Waals surface area contributed by atoms with Crippen molar-refractivity contribution in [2.75, 3.05) is 6.54 Å². The highest BCUT2D eigenvalue weighted by atomic mass is 32.1. The van der Waals surface area contributed by atoms with Gasteiger partial charge in [0.2, 0.25) is 5.91 Å². The molecule has 2 N–H and O–H groups in total. The third-order valence-electron chi connectivity index (χ3n) is 6.47. The second-order valence-corrected chi connectivity index (χ2v) is 9.42. The van der Waals surface area contributed by atoms with Crippen LogP contribution in [-0.4, -0.2) is 38.2 Å². The minimum Gasteiger partial charge on any atom is -0.352 e. The summed E-state index contributed by atoms with van der Waals surface area (Å²) in [5.74, 6) is 0.755. The molecule has 3 aromatic rings. The van der Waals surface area contributed by atoms with Crippen molar-refractivity contribution in [1.29, 1.82) is 0 Å². The summed E-state index contributed by atoms with van der Waals surface area (Å²) in [5, 5.41) is 10.2. The second-order valence-electron chi connectivity index (χ2n) is 9.03. The van der Waals surface area contributed by atoms with Crippen molar-refractivity contribution in [2.24, 2.45) is 0 Å². The van der Waals surface area contributed by atoms with Crippen LogP contribution in [0.5, 0.6) is 0 Å². The first-order valence-electron chi connectivity index (χ1n) is 11.8. The molecule has 33 heavy (non-hydrogen) atoms. The number of H-pyrrole nitrogens is 1. The minimum atomic E-state index is -0.000765. The Morgan fingerprint density at radius 1 is 1.12 bits per heavy atom. The van der Waals surface area contributed by atoms with Crippen LogP contribution in [0.4, 0.5) is 0 Å². The molecule has 0 radical (unpaired) electrons. The van der Waals surface area contributed by atoms with E-state index in [4.69, 9.17) is 12.2 Å². The number of aryl methyl sites for hydroxylation is 1. The van der Waals surface area contributed by atoms with E-state index < -0.39 is 0 Å². The molecule has 1 atom stereocenters. The van der Waals surface area contributed by atoms with E-state index in [0.29, 0.717) is 30.3 Å². The largest absolute Gasteiger partial charge is 0.352 e. The van der Waals surface area contributed by atoms with Gasteiger partial charge in [-0.25, -0.2) is 0 Å². The van der Waals surface area contributed by atoms with Gasteiger partial charge in [0.25, 0.3) is 0 Å². The molecule has 1 aromatic heterocycles. The third-order valence-corrected chi connectivity index (χ3v) is 6.78. The molecule has 2 heterocycles. The lowest BCUT2D eigenvalue weighted by atomic mass is 10.0. The van der Waals surface area contributed by atoms with Crippen molar-refractivity contribution in [3.63, 3.8) is 0 Å². The summed E-state index contributed by atoms with van der Waals surface area (Å²) in [6.07, 6.45) is 4.28. The summed E-state index contributed by atoms with van der Waals surface area (Å²) in [7, 11) is 0. The van der Waals surface area contributed by atoms with Crippen LogP contribution in [0.3, 0.4) is 0 Å². The monoisotopic (exact) mass is 463 g/mol. The van der Waals surface area contributed by atoms with E-state index in [2.05, 4.69) is 51.6 Å². The molecule has 0 aliphatic carbocycles. The van der Waals surface area contributed by atoms with Gasteiger partial charge < -0.3 is 5.32 Å². The highest BCUT2D eigenvalue weighted by Gasteiger charge is 2.18. The zero-order valence-corrected chi connectivity index (χ0v) is 20.3. The molecule has 1 unspecified atom stereocenters. The maximum absolute atomic E-state index is 12.5. The van der Waals surface area contributed by atoms with E-state index in [9.17, 15) is 4.79 Å². The highest BCUT2D eigenvalue weighted by molar-refractivity contribution is 7.71. The first-order valence-corrected chi connectivity index (χ1v) is 12.2. The van der Waals surface area contributed by atoms with Gasteiger partial charge in [0.15, 0.2) is 10.6 Å². The number of likely N-dealkylation sites (tertiary alicyclic amines) is 1. The SMILES string of the molecule is Cc1ccc(-c2n[nH]c(=S)n2CCC(=O)NCc2ccc(CN3CCCCC3C)cc2)cc1. The zero-order chi connectivity index (χ0) is 23.2. The number of amides is 1. The number of rotatable bonds is 8. The Morgan fingerprint density at radius 2 is 1.85 bits per heavy atom. The fraction of sp³-hybridized carbons (Fsp3) is 0.423. The fourth-order valence-corrected chi connectivity index (χ4v) is 4.56. The quantitative estimate of drug-likeness (QED) is 0.462. The van der Waals surface area contributed by atoms with Crippen molar-refractivity contribution in [2.45, 2.75) is 65.2 Å². The maximum atomic E-state index is 12.5. The van der Waals surface area contributed by atoms with Gasteiger partial charge in [-0.1, -0.05) is 60.5 Å². The van der Waals surface area contributed by atoms with Gasteiger partial charge in [0, 0.05) is 37.7 Å². The molecule has 0 spiro atoms. The Labute approximate surface area is 201 Å². The van der Waals surface area contributed by atoms with Crippen molar-refractivity contribution in [3.8, 4) is 11.4 Å². The van der Waals surface area contributed by atoms with Crippen LogP contribution in [0.2, 0.25) is 0 Å². The summed E-state index contributed by atoms with van der Waals surface area (Å²) in [6.45, 7) is 7.57. The van der Waals surface area contributed by atoms with E-state index in [1.807, 2.05) is 35.8 Å². The number of nitrogens with one attached hydrogen (secondary N) is 2. The van der Waals surface area contributed by atoms with Gasteiger partial charge in [-0.2, -0.15) is 5.10 Å². The van der Waals surface area contributed by atoms with E-state index in [0.717, 1.165) is 23.5 Å². The van der Waals surface area contributed by atoms with Crippen LogP contribution in [0, 0.1) is 11.7 Å². The Kier molecular flexibility index (Phi) is 7.73. The highest BCUT2D eigenvalue weighted by Crippen LogP contribution is 2.20. The van der Waals surface area contributed by atoms with Crippen LogP contribution in [0.1, 0.15) is 49.3 Å². The first-order chi connectivity index (χ1) is 16.0. The van der Waals surface area contributed by atoms with Gasteiger partial charge in [-0.15, -0.1) is 0 Å². The van der Waals surface area contributed by atoms with Gasteiger partial charge in [-0.3, -0.25) is 19.4 Å². The molecule has 174 valence electrons. The van der Waals surface area contributed by atoms with Gasteiger partial charge in [0.05, 0.1) is 0 Å². The molecule has 2 aromatic carbocycles. The average Bonchev–Trinajstić information content (AvgIpc) is 3.19. The van der Waals surface area contributed by atoms with E-state index in [1.54, 1.807) is 0 Å². The number of piperidine rings is 1. The second kappa shape index (κ2) is 10.9. The van der Waals surface area contributed by atoms with Crippen LogP contribution < -0.4 is 5.32 Å². The lowest BCUT2D eigenvalue weighted by Crippen LogP contribution is -2.36. The topological polar surface area (TPSA) is 66.0 Å². The summed E-state index contributed by atoms with van der Waals surface area (Å²) < 4.78 is 2.41. The molecule has 0 bridgehead atoms. The van der Waals surface area contributed by atoms with Crippen molar-refractivity contribution >= 4 is 18.1 Å². The molecule has 1 aliphatic rings. The molecule has 1 aliphatic heterocycles. The molecule has 1 saturated heterocycles. The average molecular weight is 464 g/mol. The molecular formula is C26H33N5OS. The van der Waals surface area contributed by atoms with Gasteiger partial charge >= 0.3 is 0 Å². The lowest BCUT2D eigenvalue weighted by Gasteiger charge is -2.33. The smallest absolute Gasteiger partial charge is 0.222 e. The molecule has 0 saturated carbocycles. The van der Waals surface area contributed by atoms with Crippen LogP contribution in [-0.2, 0) is 24.4 Å². The first kappa shape index (κ1) is 23.4. The van der Waals surface area contributed by atoms with Gasteiger partial charge in [0.1, 0.15) is 0 Å². The van der Waals surface area contributed by atoms with Crippen molar-refractivity contribution in [1.82, 2.24) is 25.0 Å². The number of nitrogens with zero attached hydrogens (tertiary/aromatic N) is 3. The molecule has 7 heteroatoms.